The molecule has 0 fully saturated rings. The van der Waals surface area contributed by atoms with Crippen LogP contribution in [0.2, 0.25) is 0 Å². The van der Waals surface area contributed by atoms with Crippen LogP contribution in [0.5, 0.6) is 0 Å². The van der Waals surface area contributed by atoms with Crippen LogP contribution in [0.3, 0.4) is 0 Å². The smallest absolute Gasteiger partial charge is 0.303 e. The highest BCUT2D eigenvalue weighted by atomic mass is 79.9. The number of carboxylic acids is 1. The van der Waals surface area contributed by atoms with Crippen LogP contribution in [0.4, 0.5) is 4.39 Å². The number of rotatable bonds is 5. The van der Waals surface area contributed by atoms with Crippen molar-refractivity contribution in [3.05, 3.63) is 34.1 Å². The van der Waals surface area contributed by atoms with Crippen LogP contribution in [-0.2, 0) is 4.79 Å². The van der Waals surface area contributed by atoms with Gasteiger partial charge in [0.2, 0.25) is 0 Å². The molecule has 0 saturated carbocycles. The number of hydrogen-bond acceptors (Lipinski definition) is 2. The summed E-state index contributed by atoms with van der Waals surface area (Å²) in [7, 11) is 1.52. The van der Waals surface area contributed by atoms with Crippen molar-refractivity contribution < 1.29 is 19.1 Å². The number of carboxylic acid groups (broad SMARTS) is 1. The van der Waals surface area contributed by atoms with Gasteiger partial charge in [0.1, 0.15) is 5.82 Å². The summed E-state index contributed by atoms with van der Waals surface area (Å²) in [6.45, 7) is 0.278. The molecule has 0 aliphatic carbocycles. The monoisotopic (exact) mass is 317 g/mol. The molecule has 4 nitrogen and oxygen atoms in total. The average Bonchev–Trinajstić information content (AvgIpc) is 2.27. The molecule has 0 atom stereocenters. The minimum Gasteiger partial charge on any atom is -0.481 e. The van der Waals surface area contributed by atoms with Crippen molar-refractivity contribution in [3.8, 4) is 0 Å². The van der Waals surface area contributed by atoms with Crippen LogP contribution in [0.15, 0.2) is 22.7 Å². The van der Waals surface area contributed by atoms with E-state index in [9.17, 15) is 14.0 Å². The molecule has 0 radical (unpaired) electrons. The third-order valence-electron chi connectivity index (χ3n) is 2.39. The van der Waals surface area contributed by atoms with Crippen LogP contribution >= 0.6 is 15.9 Å². The third kappa shape index (κ3) is 4.10. The van der Waals surface area contributed by atoms with Gasteiger partial charge >= 0.3 is 5.97 Å². The Kier molecular flexibility index (Phi) is 5.27. The van der Waals surface area contributed by atoms with Crippen molar-refractivity contribution in [2.24, 2.45) is 0 Å². The first-order chi connectivity index (χ1) is 8.41. The van der Waals surface area contributed by atoms with Gasteiger partial charge in [-0.2, -0.15) is 0 Å². The zero-order valence-corrected chi connectivity index (χ0v) is 11.4. The van der Waals surface area contributed by atoms with Gasteiger partial charge in [-0.15, -0.1) is 0 Å². The first-order valence-electron chi connectivity index (χ1n) is 5.34. The zero-order chi connectivity index (χ0) is 13.7. The molecule has 0 aromatic heterocycles. The second-order valence-corrected chi connectivity index (χ2v) is 4.76. The van der Waals surface area contributed by atoms with E-state index in [1.165, 1.54) is 24.1 Å². The predicted molar refractivity (Wildman–Crippen MR) is 67.9 cm³/mol. The van der Waals surface area contributed by atoms with Crippen LogP contribution in [0, 0.1) is 5.82 Å². The van der Waals surface area contributed by atoms with E-state index in [1.54, 1.807) is 6.07 Å². The van der Waals surface area contributed by atoms with Gasteiger partial charge in [-0.3, -0.25) is 9.59 Å². The number of nitrogens with zero attached hydrogens (tertiary/aromatic N) is 1. The number of amides is 1. The van der Waals surface area contributed by atoms with Crippen LogP contribution in [0.25, 0.3) is 0 Å². The second kappa shape index (κ2) is 6.49. The molecule has 1 aromatic rings. The summed E-state index contributed by atoms with van der Waals surface area (Å²) in [5.41, 5.74) is -0.0176. The van der Waals surface area contributed by atoms with E-state index in [2.05, 4.69) is 15.9 Å². The van der Waals surface area contributed by atoms with Gasteiger partial charge in [-0.05, 0) is 24.6 Å². The standard InChI is InChI=1S/C12H13BrFNO3/c1-15(6-2-3-11(16)17)12(18)9-5-4-8(13)7-10(9)14/h4-5,7H,2-3,6H2,1H3,(H,16,17). The molecule has 0 aliphatic rings. The summed E-state index contributed by atoms with van der Waals surface area (Å²) in [5.74, 6) is -1.96. The second-order valence-electron chi connectivity index (χ2n) is 3.85. The van der Waals surface area contributed by atoms with Gasteiger partial charge in [0.05, 0.1) is 5.56 Å². The molecule has 1 amide bonds. The zero-order valence-electron chi connectivity index (χ0n) is 9.82. The first kappa shape index (κ1) is 14.6. The van der Waals surface area contributed by atoms with E-state index in [-0.39, 0.29) is 18.5 Å². The molecule has 1 rings (SSSR count). The lowest BCUT2D eigenvalue weighted by molar-refractivity contribution is -0.137. The number of carbonyl (C=O) groups is 2. The summed E-state index contributed by atoms with van der Waals surface area (Å²) in [6, 6.07) is 4.20. The maximum atomic E-state index is 13.5. The van der Waals surface area contributed by atoms with Gasteiger partial charge in [0, 0.05) is 24.5 Å². The summed E-state index contributed by atoms with van der Waals surface area (Å²) < 4.78 is 14.1. The summed E-state index contributed by atoms with van der Waals surface area (Å²) in [4.78, 5) is 23.5. The third-order valence-corrected chi connectivity index (χ3v) is 2.89. The maximum absolute atomic E-state index is 13.5. The van der Waals surface area contributed by atoms with Gasteiger partial charge in [-0.25, -0.2) is 4.39 Å². The number of halogens is 2. The van der Waals surface area contributed by atoms with Gasteiger partial charge < -0.3 is 10.0 Å². The number of hydrogen-bond donors (Lipinski definition) is 1. The Balaban J connectivity index is 2.65. The molecular formula is C12H13BrFNO3. The fourth-order valence-corrected chi connectivity index (χ4v) is 1.77. The van der Waals surface area contributed by atoms with E-state index in [4.69, 9.17) is 5.11 Å². The molecule has 0 bridgehead atoms. The molecule has 1 N–H and O–H groups in total. The first-order valence-corrected chi connectivity index (χ1v) is 6.13. The van der Waals surface area contributed by atoms with Crippen molar-refractivity contribution in [1.82, 2.24) is 4.90 Å². The SMILES string of the molecule is CN(CCCC(=O)O)C(=O)c1ccc(Br)cc1F. The topological polar surface area (TPSA) is 57.6 Å². The fourth-order valence-electron chi connectivity index (χ4n) is 1.44. The van der Waals surface area contributed by atoms with Gasteiger partial charge in [-0.1, -0.05) is 15.9 Å². The molecule has 0 aliphatic heterocycles. The van der Waals surface area contributed by atoms with Crippen molar-refractivity contribution >= 4 is 27.8 Å². The van der Waals surface area contributed by atoms with Crippen molar-refractivity contribution in [2.45, 2.75) is 12.8 Å². The molecule has 0 unspecified atom stereocenters. The highest BCUT2D eigenvalue weighted by molar-refractivity contribution is 9.10. The van der Waals surface area contributed by atoms with Crippen molar-refractivity contribution in [3.63, 3.8) is 0 Å². The number of aliphatic carboxylic acids is 1. The lowest BCUT2D eigenvalue weighted by atomic mass is 10.2. The predicted octanol–water partition coefficient (Wildman–Crippen LogP) is 2.53. The number of carbonyl (C=O) groups excluding carboxylic acids is 1. The molecule has 0 heterocycles. The summed E-state index contributed by atoms with van der Waals surface area (Å²) in [6.07, 6.45) is 0.330. The Hall–Kier alpha value is -1.43. The van der Waals surface area contributed by atoms with E-state index >= 15 is 0 Å². The Morgan fingerprint density at radius 2 is 2.11 bits per heavy atom. The van der Waals surface area contributed by atoms with Crippen molar-refractivity contribution in [1.29, 1.82) is 0 Å². The molecular weight excluding hydrogens is 305 g/mol. The molecule has 1 aromatic carbocycles. The molecule has 6 heteroatoms. The lowest BCUT2D eigenvalue weighted by Gasteiger charge is -2.17. The summed E-state index contributed by atoms with van der Waals surface area (Å²) >= 11 is 3.11. The normalized spacial score (nSPS) is 10.2. The fraction of sp³-hybridized carbons (Fsp3) is 0.333. The van der Waals surface area contributed by atoms with Gasteiger partial charge in [0.25, 0.3) is 5.91 Å². The molecule has 98 valence electrons. The van der Waals surface area contributed by atoms with Crippen LogP contribution in [-0.4, -0.2) is 35.5 Å². The molecule has 0 spiro atoms. The average molecular weight is 318 g/mol. The quantitative estimate of drug-likeness (QED) is 0.907. The highest BCUT2D eigenvalue weighted by Crippen LogP contribution is 2.16. The Morgan fingerprint density at radius 1 is 1.44 bits per heavy atom. The number of benzene rings is 1. The molecule has 0 saturated heterocycles. The molecule has 18 heavy (non-hydrogen) atoms. The summed E-state index contributed by atoms with van der Waals surface area (Å²) in [5, 5.41) is 8.49. The van der Waals surface area contributed by atoms with E-state index < -0.39 is 17.7 Å². The van der Waals surface area contributed by atoms with E-state index in [0.29, 0.717) is 10.9 Å². The Labute approximate surface area is 113 Å². The maximum Gasteiger partial charge on any atom is 0.303 e. The minimum absolute atomic E-state index is 0.0135. The van der Waals surface area contributed by atoms with Crippen LogP contribution < -0.4 is 0 Å². The lowest BCUT2D eigenvalue weighted by Crippen LogP contribution is -2.28. The van der Waals surface area contributed by atoms with E-state index in [0.717, 1.165) is 0 Å². The Bertz CT molecular complexity index is 465. The largest absolute Gasteiger partial charge is 0.481 e. The Morgan fingerprint density at radius 3 is 2.67 bits per heavy atom. The van der Waals surface area contributed by atoms with E-state index in [1.807, 2.05) is 0 Å². The highest BCUT2D eigenvalue weighted by Gasteiger charge is 2.16. The minimum atomic E-state index is -0.911. The van der Waals surface area contributed by atoms with Gasteiger partial charge in [0.15, 0.2) is 0 Å². The van der Waals surface area contributed by atoms with Crippen molar-refractivity contribution in [2.75, 3.05) is 13.6 Å². The van der Waals surface area contributed by atoms with Crippen LogP contribution in [0.1, 0.15) is 23.2 Å².